The fourth-order valence-electron chi connectivity index (χ4n) is 1.97. The molecule has 0 aliphatic carbocycles. The first-order valence-electron chi connectivity index (χ1n) is 4.85. The zero-order chi connectivity index (χ0) is 8.48. The van der Waals surface area contributed by atoms with Crippen molar-refractivity contribution in [3.05, 3.63) is 0 Å². The molecule has 1 aliphatic rings. The third-order valence-corrected chi connectivity index (χ3v) is 11.8. The summed E-state index contributed by atoms with van der Waals surface area (Å²) in [6.07, 6.45) is 3.04. The standard InChI is InChI=1S/C10H21Ge/c1-9-6-5-7-11(8-9)10(2,3)4/h9H,5-8H2,1-4H3/t9-/m0/s1. The zero-order valence-corrected chi connectivity index (χ0v) is 10.5. The second kappa shape index (κ2) is 3.51. The van der Waals surface area contributed by atoms with Crippen LogP contribution in [0.4, 0.5) is 0 Å². The maximum absolute atomic E-state index is 2.46. The molecular weight excluding hydrogens is 193 g/mol. The molecule has 0 saturated carbocycles. The Bertz CT molecular complexity index is 123. The van der Waals surface area contributed by atoms with E-state index >= 15 is 0 Å². The summed E-state index contributed by atoms with van der Waals surface area (Å²) < 4.78 is 0.717. The molecule has 0 aromatic heterocycles. The van der Waals surface area contributed by atoms with Crippen LogP contribution < -0.4 is 0 Å². The van der Waals surface area contributed by atoms with E-state index in [0.717, 1.165) is 5.92 Å². The fourth-order valence-corrected chi connectivity index (χ4v) is 8.77. The molecule has 0 N–H and O–H groups in total. The van der Waals surface area contributed by atoms with Crippen LogP contribution in [0.1, 0.15) is 40.5 Å². The van der Waals surface area contributed by atoms with Gasteiger partial charge in [0.1, 0.15) is 0 Å². The van der Waals surface area contributed by atoms with Gasteiger partial charge in [0.05, 0.1) is 0 Å². The van der Waals surface area contributed by atoms with E-state index in [1.54, 1.807) is 10.5 Å². The molecule has 1 rings (SSSR count). The Kier molecular flexibility index (Phi) is 3.07. The van der Waals surface area contributed by atoms with Gasteiger partial charge in [0, 0.05) is 0 Å². The van der Waals surface area contributed by atoms with E-state index < -0.39 is 14.3 Å². The van der Waals surface area contributed by atoms with Gasteiger partial charge in [-0.15, -0.1) is 0 Å². The Morgan fingerprint density at radius 2 is 1.91 bits per heavy atom. The Morgan fingerprint density at radius 1 is 1.27 bits per heavy atom. The van der Waals surface area contributed by atoms with Gasteiger partial charge >= 0.3 is 75.6 Å². The summed E-state index contributed by atoms with van der Waals surface area (Å²) >= 11 is -0.642. The summed E-state index contributed by atoms with van der Waals surface area (Å²) in [4.78, 5) is 0. The minimum absolute atomic E-state index is 0.642. The summed E-state index contributed by atoms with van der Waals surface area (Å²) in [6, 6.07) is 0. The molecular formula is C10H21Ge. The summed E-state index contributed by atoms with van der Waals surface area (Å²) in [5.41, 5.74) is 0. The number of hydrogen-bond donors (Lipinski definition) is 0. The summed E-state index contributed by atoms with van der Waals surface area (Å²) in [7, 11) is 0. The second-order valence-corrected chi connectivity index (χ2v) is 12.6. The van der Waals surface area contributed by atoms with Gasteiger partial charge in [0.2, 0.25) is 0 Å². The van der Waals surface area contributed by atoms with Crippen LogP contribution in [-0.4, -0.2) is 14.3 Å². The van der Waals surface area contributed by atoms with Crippen LogP contribution in [0, 0.1) is 5.92 Å². The van der Waals surface area contributed by atoms with Crippen molar-refractivity contribution in [3.8, 4) is 0 Å². The molecule has 11 heavy (non-hydrogen) atoms. The van der Waals surface area contributed by atoms with Crippen molar-refractivity contribution in [1.82, 2.24) is 0 Å². The van der Waals surface area contributed by atoms with Crippen molar-refractivity contribution in [2.75, 3.05) is 0 Å². The molecule has 1 heteroatoms. The van der Waals surface area contributed by atoms with Crippen LogP contribution in [0.3, 0.4) is 0 Å². The van der Waals surface area contributed by atoms with Gasteiger partial charge in [-0.1, -0.05) is 0 Å². The molecule has 0 aromatic carbocycles. The third-order valence-electron chi connectivity index (χ3n) is 2.83. The van der Waals surface area contributed by atoms with Crippen molar-refractivity contribution in [3.63, 3.8) is 0 Å². The van der Waals surface area contributed by atoms with E-state index in [1.165, 1.54) is 12.8 Å². The topological polar surface area (TPSA) is 0 Å². The molecule has 1 heterocycles. The van der Waals surface area contributed by atoms with Crippen LogP contribution in [0.5, 0.6) is 0 Å². The SMILES string of the molecule is C[C@H]1CC[CH2][Ge]([C](C)(C)C)[CH2]1. The van der Waals surface area contributed by atoms with Gasteiger partial charge < -0.3 is 0 Å². The Hall–Kier alpha value is 0.543. The van der Waals surface area contributed by atoms with E-state index in [-0.39, 0.29) is 0 Å². The van der Waals surface area contributed by atoms with E-state index in [1.807, 2.05) is 0 Å². The second-order valence-electron chi connectivity index (χ2n) is 5.06. The van der Waals surface area contributed by atoms with Crippen LogP contribution in [-0.2, 0) is 0 Å². The Labute approximate surface area is 75.9 Å². The normalized spacial score (nSPS) is 28.9. The molecule has 0 amide bonds. The van der Waals surface area contributed by atoms with Crippen LogP contribution in [0.25, 0.3) is 0 Å². The molecule has 0 nitrogen and oxygen atoms in total. The van der Waals surface area contributed by atoms with Crippen molar-refractivity contribution in [2.24, 2.45) is 5.92 Å². The zero-order valence-electron chi connectivity index (χ0n) is 8.41. The molecule has 1 fully saturated rings. The first-order valence-corrected chi connectivity index (χ1v) is 8.87. The third kappa shape index (κ3) is 2.81. The van der Waals surface area contributed by atoms with Crippen molar-refractivity contribution < 1.29 is 0 Å². The van der Waals surface area contributed by atoms with E-state index in [9.17, 15) is 0 Å². The average Bonchev–Trinajstić information content (AvgIpc) is 1.86. The molecule has 0 spiro atoms. The van der Waals surface area contributed by atoms with Gasteiger partial charge in [-0.05, 0) is 0 Å². The predicted octanol–water partition coefficient (Wildman–Crippen LogP) is 3.71. The Morgan fingerprint density at radius 3 is 2.27 bits per heavy atom. The molecule has 0 aromatic rings. The predicted molar refractivity (Wildman–Crippen MR) is 53.5 cm³/mol. The summed E-state index contributed by atoms with van der Waals surface area (Å²) in [6.45, 7) is 9.82. The number of rotatable bonds is 0. The molecule has 65 valence electrons. The summed E-state index contributed by atoms with van der Waals surface area (Å²) in [5, 5.41) is 3.26. The van der Waals surface area contributed by atoms with Crippen molar-refractivity contribution >= 4 is 14.3 Å². The molecule has 1 saturated heterocycles. The van der Waals surface area contributed by atoms with Gasteiger partial charge in [-0.25, -0.2) is 0 Å². The fraction of sp³-hybridized carbons (Fsp3) is 1.00. The quantitative estimate of drug-likeness (QED) is 0.539. The Balaban J connectivity index is 2.46. The number of hydrogen-bond acceptors (Lipinski definition) is 0. The molecule has 0 bridgehead atoms. The van der Waals surface area contributed by atoms with E-state index in [4.69, 9.17) is 0 Å². The first kappa shape index (κ1) is 9.63. The van der Waals surface area contributed by atoms with Crippen LogP contribution >= 0.6 is 0 Å². The molecule has 1 radical (unpaired) electrons. The monoisotopic (exact) mass is 215 g/mol. The molecule has 0 unspecified atom stereocenters. The van der Waals surface area contributed by atoms with Crippen LogP contribution in [0.15, 0.2) is 0 Å². The van der Waals surface area contributed by atoms with Crippen molar-refractivity contribution in [2.45, 2.75) is 55.3 Å². The minimum atomic E-state index is -0.642. The van der Waals surface area contributed by atoms with Gasteiger partial charge in [0.15, 0.2) is 0 Å². The summed E-state index contributed by atoms with van der Waals surface area (Å²) in [5.74, 6) is 1.05. The average molecular weight is 214 g/mol. The maximum atomic E-state index is 2.46. The van der Waals surface area contributed by atoms with Crippen LogP contribution in [0.2, 0.25) is 14.8 Å². The van der Waals surface area contributed by atoms with Gasteiger partial charge in [0.25, 0.3) is 0 Å². The van der Waals surface area contributed by atoms with Gasteiger partial charge in [-0.2, -0.15) is 0 Å². The van der Waals surface area contributed by atoms with E-state index in [2.05, 4.69) is 27.7 Å². The van der Waals surface area contributed by atoms with Crippen molar-refractivity contribution in [1.29, 1.82) is 0 Å². The van der Waals surface area contributed by atoms with E-state index in [0.29, 0.717) is 4.25 Å². The molecule has 1 atom stereocenters. The van der Waals surface area contributed by atoms with Gasteiger partial charge in [-0.3, -0.25) is 0 Å². The molecule has 1 aliphatic heterocycles. The first-order chi connectivity index (χ1) is 5.00.